The Morgan fingerprint density at radius 2 is 1.74 bits per heavy atom. The zero-order valence-electron chi connectivity index (χ0n) is 12.2. The second-order valence-corrected chi connectivity index (χ2v) is 6.01. The predicted octanol–water partition coefficient (Wildman–Crippen LogP) is 3.08. The zero-order valence-corrected chi connectivity index (χ0v) is 13.8. The van der Waals surface area contributed by atoms with Crippen LogP contribution in [0.4, 0.5) is 10.1 Å². The van der Waals surface area contributed by atoms with Crippen molar-refractivity contribution < 1.29 is 9.18 Å². The molecule has 0 atom stereocenters. The number of hydrogen-bond donors (Lipinski definition) is 3. The van der Waals surface area contributed by atoms with Gasteiger partial charge in [0.15, 0.2) is 5.11 Å². The van der Waals surface area contributed by atoms with Crippen LogP contribution in [0.3, 0.4) is 0 Å². The van der Waals surface area contributed by atoms with E-state index in [1.54, 1.807) is 12.1 Å². The summed E-state index contributed by atoms with van der Waals surface area (Å²) in [7, 11) is 0. The first-order chi connectivity index (χ1) is 11.1. The molecule has 3 N–H and O–H groups in total. The van der Waals surface area contributed by atoms with Gasteiger partial charge in [-0.15, -0.1) is 11.8 Å². The van der Waals surface area contributed by atoms with Crippen molar-refractivity contribution in [3.8, 4) is 0 Å². The van der Waals surface area contributed by atoms with E-state index in [0.717, 1.165) is 11.3 Å². The van der Waals surface area contributed by atoms with Crippen LogP contribution in [0.5, 0.6) is 0 Å². The summed E-state index contributed by atoms with van der Waals surface area (Å²) >= 11 is 6.51. The fourth-order valence-corrected chi connectivity index (χ4v) is 2.65. The first kappa shape index (κ1) is 17.2. The molecule has 2 aromatic carbocycles. The van der Waals surface area contributed by atoms with E-state index >= 15 is 0 Å². The van der Waals surface area contributed by atoms with E-state index in [1.165, 1.54) is 23.9 Å². The Morgan fingerprint density at radius 1 is 1.04 bits per heavy atom. The Kier molecular flexibility index (Phi) is 6.83. The van der Waals surface area contributed by atoms with E-state index in [2.05, 4.69) is 16.2 Å². The van der Waals surface area contributed by atoms with Gasteiger partial charge in [-0.05, 0) is 42.0 Å². The Morgan fingerprint density at radius 3 is 2.43 bits per heavy atom. The third kappa shape index (κ3) is 6.66. The summed E-state index contributed by atoms with van der Waals surface area (Å²) < 4.78 is 12.8. The number of para-hydroxylation sites is 1. The van der Waals surface area contributed by atoms with Crippen LogP contribution >= 0.6 is 24.0 Å². The number of amides is 1. The third-order valence-corrected chi connectivity index (χ3v) is 3.97. The Labute approximate surface area is 143 Å². The van der Waals surface area contributed by atoms with Crippen LogP contribution in [0.2, 0.25) is 0 Å². The summed E-state index contributed by atoms with van der Waals surface area (Å²) in [4.78, 5) is 11.7. The van der Waals surface area contributed by atoms with Crippen LogP contribution in [0.25, 0.3) is 0 Å². The molecule has 0 radical (unpaired) electrons. The molecule has 7 heteroatoms. The van der Waals surface area contributed by atoms with Gasteiger partial charge in [-0.1, -0.05) is 30.3 Å². The molecule has 0 saturated carbocycles. The molecule has 0 aliphatic rings. The lowest BCUT2D eigenvalue weighted by atomic mass is 10.2. The minimum Gasteiger partial charge on any atom is -0.331 e. The molecule has 0 aliphatic heterocycles. The number of halogens is 1. The lowest BCUT2D eigenvalue weighted by Gasteiger charge is -2.11. The molecule has 0 spiro atoms. The second kappa shape index (κ2) is 9.12. The minimum atomic E-state index is -0.264. The Balaban J connectivity index is 1.63. The molecule has 0 heterocycles. The summed E-state index contributed by atoms with van der Waals surface area (Å²) in [6.45, 7) is 0. The quantitative estimate of drug-likeness (QED) is 0.572. The molecule has 0 aromatic heterocycles. The van der Waals surface area contributed by atoms with E-state index in [0.29, 0.717) is 10.9 Å². The number of hydrazine groups is 1. The molecule has 120 valence electrons. The summed E-state index contributed by atoms with van der Waals surface area (Å²) in [5, 5.41) is 3.26. The number of thiocarbonyl (C=S) groups is 1. The van der Waals surface area contributed by atoms with Crippen molar-refractivity contribution in [3.05, 3.63) is 66.0 Å². The standard InChI is InChI=1S/C16H16FN3OS2/c17-13-8-6-12(7-9-13)10-23-11-15(21)19-20-16(22)18-14-4-2-1-3-5-14/h1-9H,10-11H2,(H,19,21)(H2,18,20,22). The number of anilines is 1. The van der Waals surface area contributed by atoms with Crippen LogP contribution in [0.15, 0.2) is 54.6 Å². The number of nitrogens with one attached hydrogen (secondary N) is 3. The molecule has 1 amide bonds. The van der Waals surface area contributed by atoms with Crippen molar-refractivity contribution >= 4 is 40.7 Å². The number of thioether (sulfide) groups is 1. The maximum Gasteiger partial charge on any atom is 0.248 e. The average molecular weight is 349 g/mol. The van der Waals surface area contributed by atoms with Crippen molar-refractivity contribution in [2.75, 3.05) is 11.1 Å². The van der Waals surface area contributed by atoms with Gasteiger partial charge in [-0.2, -0.15) is 0 Å². The fourth-order valence-electron chi connectivity index (χ4n) is 1.69. The van der Waals surface area contributed by atoms with Gasteiger partial charge < -0.3 is 5.32 Å². The zero-order chi connectivity index (χ0) is 16.5. The highest BCUT2D eigenvalue weighted by Crippen LogP contribution is 2.12. The molecule has 0 saturated heterocycles. The van der Waals surface area contributed by atoms with E-state index < -0.39 is 0 Å². The van der Waals surface area contributed by atoms with Crippen LogP contribution in [-0.2, 0) is 10.5 Å². The number of rotatable bonds is 5. The van der Waals surface area contributed by atoms with Gasteiger partial charge in [0.05, 0.1) is 5.75 Å². The van der Waals surface area contributed by atoms with Gasteiger partial charge >= 0.3 is 0 Å². The highest BCUT2D eigenvalue weighted by atomic mass is 32.2. The summed E-state index contributed by atoms with van der Waals surface area (Å²) in [6, 6.07) is 15.6. The highest BCUT2D eigenvalue weighted by Gasteiger charge is 2.03. The number of benzene rings is 2. The first-order valence-corrected chi connectivity index (χ1v) is 8.43. The van der Waals surface area contributed by atoms with E-state index in [1.807, 2.05) is 30.3 Å². The van der Waals surface area contributed by atoms with Crippen molar-refractivity contribution in [2.45, 2.75) is 5.75 Å². The molecule has 0 aliphatic carbocycles. The number of carbonyl (C=O) groups excluding carboxylic acids is 1. The molecule has 2 aromatic rings. The Bertz CT molecular complexity index is 650. The monoisotopic (exact) mass is 349 g/mol. The van der Waals surface area contributed by atoms with E-state index in [-0.39, 0.29) is 17.5 Å². The first-order valence-electron chi connectivity index (χ1n) is 6.86. The average Bonchev–Trinajstić information content (AvgIpc) is 2.56. The van der Waals surface area contributed by atoms with Gasteiger partial charge in [-0.3, -0.25) is 15.6 Å². The summed E-state index contributed by atoms with van der Waals surface area (Å²) in [5.74, 6) is 0.466. The molecule has 0 bridgehead atoms. The van der Waals surface area contributed by atoms with Crippen LogP contribution in [-0.4, -0.2) is 16.8 Å². The second-order valence-electron chi connectivity index (χ2n) is 4.61. The molecular formula is C16H16FN3OS2. The van der Waals surface area contributed by atoms with Gasteiger partial charge in [0.2, 0.25) is 5.91 Å². The van der Waals surface area contributed by atoms with Gasteiger partial charge in [0.25, 0.3) is 0 Å². The van der Waals surface area contributed by atoms with Crippen LogP contribution in [0.1, 0.15) is 5.56 Å². The largest absolute Gasteiger partial charge is 0.331 e. The third-order valence-electron chi connectivity index (χ3n) is 2.76. The summed E-state index contributed by atoms with van der Waals surface area (Å²) in [6.07, 6.45) is 0. The van der Waals surface area contributed by atoms with E-state index in [9.17, 15) is 9.18 Å². The van der Waals surface area contributed by atoms with Gasteiger partial charge in [0.1, 0.15) is 5.82 Å². The van der Waals surface area contributed by atoms with Crippen LogP contribution < -0.4 is 16.2 Å². The smallest absolute Gasteiger partial charge is 0.248 e. The molecule has 4 nitrogen and oxygen atoms in total. The maximum atomic E-state index is 12.8. The van der Waals surface area contributed by atoms with Crippen LogP contribution in [0, 0.1) is 5.82 Å². The predicted molar refractivity (Wildman–Crippen MR) is 96.5 cm³/mol. The molecule has 0 unspecified atom stereocenters. The van der Waals surface area contributed by atoms with Crippen molar-refractivity contribution in [3.63, 3.8) is 0 Å². The topological polar surface area (TPSA) is 53.2 Å². The molecule has 2 rings (SSSR count). The maximum absolute atomic E-state index is 12.8. The number of carbonyl (C=O) groups is 1. The lowest BCUT2D eigenvalue weighted by Crippen LogP contribution is -2.44. The SMILES string of the molecule is O=C(CSCc1ccc(F)cc1)NNC(=S)Nc1ccccc1. The van der Waals surface area contributed by atoms with Gasteiger partial charge in [-0.25, -0.2) is 4.39 Å². The molecular weight excluding hydrogens is 333 g/mol. The van der Waals surface area contributed by atoms with Gasteiger partial charge in [0, 0.05) is 11.4 Å². The highest BCUT2D eigenvalue weighted by molar-refractivity contribution is 7.99. The molecule has 23 heavy (non-hydrogen) atoms. The van der Waals surface area contributed by atoms with Crippen molar-refractivity contribution in [2.24, 2.45) is 0 Å². The van der Waals surface area contributed by atoms with Crippen molar-refractivity contribution in [1.29, 1.82) is 0 Å². The Hall–Kier alpha value is -2.12. The summed E-state index contributed by atoms with van der Waals surface area (Å²) in [5.41, 5.74) is 6.98. The molecule has 0 fully saturated rings. The minimum absolute atomic E-state index is 0.186. The fraction of sp³-hybridized carbons (Fsp3) is 0.125. The lowest BCUT2D eigenvalue weighted by molar-refractivity contribution is -0.119. The number of hydrogen-bond acceptors (Lipinski definition) is 3. The normalized spacial score (nSPS) is 9.96. The van der Waals surface area contributed by atoms with E-state index in [4.69, 9.17) is 12.2 Å². The van der Waals surface area contributed by atoms with Crippen molar-refractivity contribution in [1.82, 2.24) is 10.9 Å².